The molecule has 0 atom stereocenters. The number of nitriles is 2. The Morgan fingerprint density at radius 2 is 0.937 bits per heavy atom. The van der Waals surface area contributed by atoms with Gasteiger partial charge in [0.1, 0.15) is 0 Å². The molecule has 2 saturated carbocycles. The molecule has 2 fully saturated rings. The predicted molar refractivity (Wildman–Crippen MR) is 236 cm³/mol. The van der Waals surface area contributed by atoms with Crippen LogP contribution in [0.25, 0.3) is 51.8 Å². The van der Waals surface area contributed by atoms with Crippen molar-refractivity contribution in [3.8, 4) is 12.1 Å². The molecule has 0 amide bonds. The van der Waals surface area contributed by atoms with Crippen LogP contribution in [0.3, 0.4) is 0 Å². The second-order valence-electron chi connectivity index (χ2n) is 16.9. The van der Waals surface area contributed by atoms with Crippen molar-refractivity contribution in [2.75, 3.05) is 0 Å². The Labute approximate surface area is 370 Å². The molecule has 11 rings (SSSR count). The number of carbonyl (C=O) groups is 2. The lowest BCUT2D eigenvalue weighted by molar-refractivity contribution is 0.103. The predicted octanol–water partition coefficient (Wildman–Crippen LogP) is 13.9. The van der Waals surface area contributed by atoms with E-state index in [2.05, 4.69) is 21.8 Å². The van der Waals surface area contributed by atoms with Crippen LogP contribution in [0, 0.1) is 59.1 Å². The van der Waals surface area contributed by atoms with Crippen molar-refractivity contribution in [3.05, 3.63) is 159 Å². The third-order valence-electron chi connectivity index (χ3n) is 13.9. The Bertz CT molecular complexity index is 3180. The zero-order valence-electron chi connectivity index (χ0n) is 33.0. The molecular formula is C50H28F4N4O2S3. The van der Waals surface area contributed by atoms with Crippen molar-refractivity contribution in [3.63, 3.8) is 0 Å². The van der Waals surface area contributed by atoms with E-state index in [1.165, 1.54) is 20.5 Å². The van der Waals surface area contributed by atoms with Crippen molar-refractivity contribution >= 4 is 87.7 Å². The van der Waals surface area contributed by atoms with Crippen LogP contribution in [0.2, 0.25) is 0 Å². The second-order valence-corrected chi connectivity index (χ2v) is 20.0. The van der Waals surface area contributed by atoms with Crippen LogP contribution < -0.4 is 0 Å². The summed E-state index contributed by atoms with van der Waals surface area (Å²) in [5.41, 5.74) is 2.57. The summed E-state index contributed by atoms with van der Waals surface area (Å²) < 4.78 is 63.0. The minimum atomic E-state index is -1.18. The normalized spacial score (nSPS) is 21.9. The molecule has 2 aromatic carbocycles. The van der Waals surface area contributed by atoms with Gasteiger partial charge in [-0.2, -0.15) is 0 Å². The Kier molecular flexibility index (Phi) is 8.76. The third-order valence-corrected chi connectivity index (χ3v) is 17.8. The first-order valence-electron chi connectivity index (χ1n) is 20.5. The number of hydrogen-bond donors (Lipinski definition) is 0. The number of thiophene rings is 3. The van der Waals surface area contributed by atoms with Gasteiger partial charge in [-0.1, -0.05) is 38.5 Å². The van der Waals surface area contributed by atoms with Crippen molar-refractivity contribution in [1.29, 1.82) is 10.5 Å². The highest BCUT2D eigenvalue weighted by Crippen LogP contribution is 2.64. The number of ketones is 2. The van der Waals surface area contributed by atoms with Crippen molar-refractivity contribution in [2.24, 2.45) is 0 Å². The molecule has 2 spiro atoms. The van der Waals surface area contributed by atoms with Crippen LogP contribution in [0.1, 0.15) is 117 Å². The quantitative estimate of drug-likeness (QED) is 0.0764. The van der Waals surface area contributed by atoms with Gasteiger partial charge < -0.3 is 0 Å². The smallest absolute Gasteiger partial charge is 0.270 e. The summed E-state index contributed by atoms with van der Waals surface area (Å²) in [5, 5.41) is 20.0. The Morgan fingerprint density at radius 3 is 1.29 bits per heavy atom. The van der Waals surface area contributed by atoms with E-state index in [1.807, 2.05) is 12.1 Å². The maximum Gasteiger partial charge on any atom is 0.270 e. The topological polar surface area (TPSA) is 90.4 Å². The molecule has 0 bridgehead atoms. The fourth-order valence-corrected chi connectivity index (χ4v) is 16.0. The summed E-state index contributed by atoms with van der Waals surface area (Å²) in [6.07, 6.45) is 16.8. The molecule has 0 aliphatic heterocycles. The van der Waals surface area contributed by atoms with Crippen LogP contribution in [-0.4, -0.2) is 11.6 Å². The summed E-state index contributed by atoms with van der Waals surface area (Å²) in [6, 6.07) is 7.24. The van der Waals surface area contributed by atoms with Gasteiger partial charge in [-0.3, -0.25) is 9.59 Å². The number of halogens is 4. The number of carbonyl (C=O) groups excluding carboxylic acids is 2. The van der Waals surface area contributed by atoms with E-state index in [0.29, 0.717) is 0 Å². The lowest BCUT2D eigenvalue weighted by Gasteiger charge is -2.37. The molecule has 6 nitrogen and oxygen atoms in total. The second kappa shape index (κ2) is 14.0. The number of nitrogens with zero attached hydrogens (tertiary/aromatic N) is 4. The molecule has 6 aliphatic rings. The molecular weight excluding hydrogens is 861 g/mol. The highest BCUT2D eigenvalue weighted by atomic mass is 32.1. The van der Waals surface area contributed by atoms with E-state index in [9.17, 15) is 37.7 Å². The first-order valence-corrected chi connectivity index (χ1v) is 23.0. The lowest BCUT2D eigenvalue weighted by atomic mass is 9.67. The Morgan fingerprint density at radius 1 is 0.571 bits per heavy atom. The van der Waals surface area contributed by atoms with E-state index in [0.717, 1.165) is 119 Å². The maximum atomic E-state index is 14.6. The van der Waals surface area contributed by atoms with E-state index in [4.69, 9.17) is 13.1 Å². The van der Waals surface area contributed by atoms with Crippen LogP contribution >= 0.6 is 34.0 Å². The molecule has 6 aliphatic carbocycles. The number of hydrogen-bond acceptors (Lipinski definition) is 7. The van der Waals surface area contributed by atoms with E-state index < -0.39 is 45.7 Å². The zero-order valence-corrected chi connectivity index (χ0v) is 35.5. The molecule has 63 heavy (non-hydrogen) atoms. The van der Waals surface area contributed by atoms with Crippen LogP contribution in [0.4, 0.5) is 17.6 Å². The fourth-order valence-electron chi connectivity index (χ4n) is 11.2. The number of rotatable bonds is 2. The van der Waals surface area contributed by atoms with Gasteiger partial charge in [-0.15, -0.1) is 34.0 Å². The van der Waals surface area contributed by atoms with Gasteiger partial charge in [0.15, 0.2) is 34.8 Å². The highest BCUT2D eigenvalue weighted by Gasteiger charge is 2.49. The third kappa shape index (κ3) is 5.28. The maximum absolute atomic E-state index is 14.6. The molecule has 3 aromatic heterocycles. The first-order chi connectivity index (χ1) is 30.5. The highest BCUT2D eigenvalue weighted by molar-refractivity contribution is 7.39. The molecule has 0 N–H and O–H groups in total. The lowest BCUT2D eigenvalue weighted by Crippen LogP contribution is -2.29. The summed E-state index contributed by atoms with van der Waals surface area (Å²) in [7, 11) is 0. The Hall–Kier alpha value is -6.48. The van der Waals surface area contributed by atoms with Gasteiger partial charge in [0.25, 0.3) is 11.4 Å². The van der Waals surface area contributed by atoms with Gasteiger partial charge in [-0.05, 0) is 108 Å². The number of benzene rings is 2. The SMILES string of the molecule is [C-]#[N+]C(C#N)=C1/C(=C\C2=Cc3sc4c(sc5c6c(sc54)C=C(/C=C4\C(=O)c5cc(F)c(F)cc5\C4=C(\C#N)[N+]#[C-])C64CCCCC4)c3C23CCCCC3)C(=O)c2cc(F)c(F)cc21. The van der Waals surface area contributed by atoms with Gasteiger partial charge in [0.2, 0.25) is 0 Å². The molecule has 306 valence electrons. The van der Waals surface area contributed by atoms with Gasteiger partial charge in [-0.25, -0.2) is 37.8 Å². The monoisotopic (exact) mass is 888 g/mol. The van der Waals surface area contributed by atoms with Gasteiger partial charge in [0.05, 0.1) is 44.1 Å². The summed E-state index contributed by atoms with van der Waals surface area (Å²) in [6.45, 7) is 15.5. The number of Topliss-reactive ketones (excluding diaryl/α,β-unsaturated/α-hetero) is 2. The molecule has 13 heteroatoms. The van der Waals surface area contributed by atoms with Crippen molar-refractivity contribution < 1.29 is 27.2 Å². The minimum Gasteiger partial charge on any atom is -0.289 e. The van der Waals surface area contributed by atoms with Crippen LogP contribution in [0.15, 0.2) is 70.1 Å². The molecule has 0 saturated heterocycles. The fraction of sp³-hybridized carbons (Fsp3) is 0.240. The molecule has 5 aromatic rings. The number of allylic oxidation sites excluding steroid dienone is 10. The first kappa shape index (κ1) is 39.4. The number of fused-ring (bicyclic) bond motifs is 11. The van der Waals surface area contributed by atoms with E-state index in [-0.39, 0.29) is 55.9 Å². The molecule has 3 heterocycles. The minimum absolute atomic E-state index is 0.0185. The average molecular weight is 889 g/mol. The molecule has 0 radical (unpaired) electrons. The standard InChI is InChI=1S/C50H28F4N4O2S3/c1-57-35(21-55)39-25-17-31(51)33(53)19-27(25)43(59)29(39)13-23-15-37-41(49(23)9-5-3-6-10-49)45-47(61-37)48-46(63-45)42-38(62-48)16-24(50(42)11-7-4-8-12-50)14-30-40(36(22-56)58-2)26-18-32(52)34(54)20-28(26)44(30)60/h13-20H,3-12H2/b29-13-,30-14+,39-35+,40-36?. The zero-order chi connectivity index (χ0) is 43.7. The Balaban J connectivity index is 1.07. The summed E-state index contributed by atoms with van der Waals surface area (Å²) in [5.74, 6) is -5.83. The van der Waals surface area contributed by atoms with Crippen LogP contribution in [0.5, 0.6) is 0 Å². The average Bonchev–Trinajstić information content (AvgIpc) is 4.12. The van der Waals surface area contributed by atoms with Crippen molar-refractivity contribution in [1.82, 2.24) is 0 Å². The van der Waals surface area contributed by atoms with Crippen molar-refractivity contribution in [2.45, 2.75) is 75.0 Å². The molecule has 0 unspecified atom stereocenters. The van der Waals surface area contributed by atoms with Gasteiger partial charge in [0, 0.05) is 54.0 Å². The summed E-state index contributed by atoms with van der Waals surface area (Å²) >= 11 is 5.15. The summed E-state index contributed by atoms with van der Waals surface area (Å²) in [4.78, 5) is 37.0. The largest absolute Gasteiger partial charge is 0.289 e. The van der Waals surface area contributed by atoms with Gasteiger partial charge >= 0.3 is 0 Å². The van der Waals surface area contributed by atoms with E-state index in [1.54, 1.807) is 46.2 Å². The van der Waals surface area contributed by atoms with E-state index >= 15 is 0 Å². The van der Waals surface area contributed by atoms with Crippen LogP contribution in [-0.2, 0) is 10.8 Å².